The summed E-state index contributed by atoms with van der Waals surface area (Å²) >= 11 is 1.60. The van der Waals surface area contributed by atoms with Gasteiger partial charge in [-0.1, -0.05) is 36.4 Å². The van der Waals surface area contributed by atoms with Crippen molar-refractivity contribution in [2.45, 2.75) is 45.4 Å². The summed E-state index contributed by atoms with van der Waals surface area (Å²) < 4.78 is 10.5. The van der Waals surface area contributed by atoms with Crippen molar-refractivity contribution < 1.29 is 19.1 Å². The number of alkyl carbamates (subject to hydrolysis) is 1. The average Bonchev–Trinajstić information content (AvgIpc) is 3.16. The fourth-order valence-electron chi connectivity index (χ4n) is 2.78. The number of thiophene rings is 1. The van der Waals surface area contributed by atoms with Gasteiger partial charge in [0.1, 0.15) is 11.6 Å². The Labute approximate surface area is 176 Å². The molecule has 29 heavy (non-hydrogen) atoms. The Morgan fingerprint density at radius 2 is 1.86 bits per heavy atom. The lowest BCUT2D eigenvalue weighted by Crippen LogP contribution is -2.52. The number of carbonyl (C=O) groups excluding carboxylic acids is 2. The van der Waals surface area contributed by atoms with E-state index in [0.29, 0.717) is 13.1 Å². The first-order valence-electron chi connectivity index (χ1n) is 9.62. The van der Waals surface area contributed by atoms with Gasteiger partial charge in [0.2, 0.25) is 5.91 Å². The monoisotopic (exact) mass is 418 g/mol. The van der Waals surface area contributed by atoms with E-state index in [2.05, 4.69) is 5.32 Å². The summed E-state index contributed by atoms with van der Waals surface area (Å²) in [5.41, 5.74) is 0.509. The Balaban J connectivity index is 2.11. The minimum absolute atomic E-state index is 0.0738. The number of hydrogen-bond donors (Lipinski definition) is 1. The van der Waals surface area contributed by atoms with Crippen molar-refractivity contribution in [3.63, 3.8) is 0 Å². The quantitative estimate of drug-likeness (QED) is 0.671. The van der Waals surface area contributed by atoms with Gasteiger partial charge in [0.05, 0.1) is 13.2 Å². The molecule has 2 rings (SSSR count). The molecule has 0 saturated carbocycles. The van der Waals surface area contributed by atoms with Gasteiger partial charge in [-0.15, -0.1) is 11.3 Å². The Hall–Kier alpha value is -2.38. The van der Waals surface area contributed by atoms with Gasteiger partial charge in [-0.2, -0.15) is 0 Å². The van der Waals surface area contributed by atoms with Crippen molar-refractivity contribution in [3.8, 4) is 0 Å². The van der Waals surface area contributed by atoms with Crippen molar-refractivity contribution in [1.82, 2.24) is 10.2 Å². The Bertz CT molecular complexity index is 757. The van der Waals surface area contributed by atoms with Crippen molar-refractivity contribution in [1.29, 1.82) is 0 Å². The maximum absolute atomic E-state index is 13.3. The predicted octanol–water partition coefficient (Wildman–Crippen LogP) is 3.86. The van der Waals surface area contributed by atoms with Crippen LogP contribution in [0.15, 0.2) is 47.8 Å². The summed E-state index contributed by atoms with van der Waals surface area (Å²) in [6.07, 6.45) is 0.0939. The molecule has 0 aliphatic rings. The Morgan fingerprint density at radius 1 is 1.14 bits per heavy atom. The molecule has 0 aliphatic carbocycles. The van der Waals surface area contributed by atoms with Crippen LogP contribution >= 0.6 is 11.3 Å². The lowest BCUT2D eigenvalue weighted by molar-refractivity contribution is -0.135. The highest BCUT2D eigenvalue weighted by atomic mass is 32.1. The highest BCUT2D eigenvalue weighted by molar-refractivity contribution is 7.09. The Kier molecular flexibility index (Phi) is 8.67. The van der Waals surface area contributed by atoms with E-state index in [1.807, 2.05) is 47.8 Å². The molecular weight excluding hydrogens is 388 g/mol. The third-order valence-electron chi connectivity index (χ3n) is 4.07. The van der Waals surface area contributed by atoms with Gasteiger partial charge in [-0.3, -0.25) is 4.79 Å². The first-order chi connectivity index (χ1) is 13.8. The van der Waals surface area contributed by atoms with Crippen molar-refractivity contribution in [3.05, 3.63) is 58.3 Å². The van der Waals surface area contributed by atoms with Gasteiger partial charge in [0.15, 0.2) is 0 Å². The number of rotatable bonds is 9. The normalized spacial score (nSPS) is 12.3. The summed E-state index contributed by atoms with van der Waals surface area (Å²) in [5, 5.41) is 4.65. The number of nitrogens with one attached hydrogen (secondary N) is 1. The largest absolute Gasteiger partial charge is 0.444 e. The van der Waals surface area contributed by atoms with Gasteiger partial charge in [0, 0.05) is 18.5 Å². The highest BCUT2D eigenvalue weighted by Gasteiger charge is 2.28. The van der Waals surface area contributed by atoms with Crippen LogP contribution in [0.2, 0.25) is 0 Å². The predicted molar refractivity (Wildman–Crippen MR) is 115 cm³/mol. The van der Waals surface area contributed by atoms with Crippen LogP contribution in [0.4, 0.5) is 4.79 Å². The summed E-state index contributed by atoms with van der Waals surface area (Å²) in [7, 11) is 1.50. The van der Waals surface area contributed by atoms with Crippen LogP contribution in [0, 0.1) is 0 Å². The van der Waals surface area contributed by atoms with E-state index in [9.17, 15) is 9.59 Å². The number of amides is 2. The average molecular weight is 419 g/mol. The van der Waals surface area contributed by atoms with Gasteiger partial charge in [-0.05, 0) is 44.2 Å². The van der Waals surface area contributed by atoms with E-state index < -0.39 is 17.7 Å². The second kappa shape index (κ2) is 11.0. The van der Waals surface area contributed by atoms with E-state index in [1.165, 1.54) is 7.11 Å². The lowest BCUT2D eigenvalue weighted by atomic mass is 10.1. The van der Waals surface area contributed by atoms with E-state index in [-0.39, 0.29) is 12.5 Å². The zero-order valence-corrected chi connectivity index (χ0v) is 18.3. The molecule has 2 amide bonds. The molecule has 0 aliphatic heterocycles. The summed E-state index contributed by atoms with van der Waals surface area (Å²) in [6.45, 7) is 6.44. The maximum atomic E-state index is 13.3. The summed E-state index contributed by atoms with van der Waals surface area (Å²) in [6, 6.07) is 13.2. The second-order valence-electron chi connectivity index (χ2n) is 7.73. The minimum atomic E-state index is -0.814. The number of benzene rings is 1. The van der Waals surface area contributed by atoms with Crippen molar-refractivity contribution in [2.24, 2.45) is 0 Å². The molecule has 7 heteroatoms. The maximum Gasteiger partial charge on any atom is 0.408 e. The molecule has 0 saturated heterocycles. The molecule has 0 spiro atoms. The fraction of sp³-hybridized carbons (Fsp3) is 0.455. The Morgan fingerprint density at radius 3 is 2.45 bits per heavy atom. The van der Waals surface area contributed by atoms with Crippen LogP contribution in [-0.2, 0) is 27.2 Å². The van der Waals surface area contributed by atoms with Crippen LogP contribution in [0.25, 0.3) is 0 Å². The molecule has 2 aromatic rings. The van der Waals surface area contributed by atoms with Crippen LogP contribution in [0.5, 0.6) is 0 Å². The number of carbonyl (C=O) groups is 2. The molecule has 0 bridgehead atoms. The lowest BCUT2D eigenvalue weighted by Gasteiger charge is -2.28. The third kappa shape index (κ3) is 8.25. The zero-order chi connectivity index (χ0) is 21.3. The molecule has 158 valence electrons. The van der Waals surface area contributed by atoms with Crippen molar-refractivity contribution >= 4 is 23.3 Å². The first kappa shape index (κ1) is 22.9. The summed E-state index contributed by atoms with van der Waals surface area (Å²) in [5.74, 6) is -0.193. The number of nitrogens with zero attached hydrogens (tertiary/aromatic N) is 1. The first-order valence-corrected chi connectivity index (χ1v) is 10.5. The zero-order valence-electron chi connectivity index (χ0n) is 17.5. The molecule has 1 N–H and O–H groups in total. The minimum Gasteiger partial charge on any atom is -0.444 e. The number of methoxy groups -OCH3 is 1. The van der Waals surface area contributed by atoms with Crippen LogP contribution in [0.1, 0.15) is 31.2 Å². The molecule has 1 atom stereocenters. The smallest absolute Gasteiger partial charge is 0.408 e. The van der Waals surface area contributed by atoms with E-state index in [4.69, 9.17) is 9.47 Å². The molecule has 0 unspecified atom stereocenters. The molecule has 1 heterocycles. The van der Waals surface area contributed by atoms with Crippen LogP contribution in [-0.4, -0.2) is 48.8 Å². The van der Waals surface area contributed by atoms with Gasteiger partial charge >= 0.3 is 6.09 Å². The molecule has 1 aromatic heterocycles. The van der Waals surface area contributed by atoms with Crippen LogP contribution in [0.3, 0.4) is 0 Å². The van der Waals surface area contributed by atoms with Crippen LogP contribution < -0.4 is 5.32 Å². The van der Waals surface area contributed by atoms with E-state index >= 15 is 0 Å². The van der Waals surface area contributed by atoms with Gasteiger partial charge in [-0.25, -0.2) is 4.79 Å². The second-order valence-corrected chi connectivity index (χ2v) is 8.76. The SMILES string of the molecule is COC[C@H](NC(=O)OC(C)(C)C)C(=O)N(CCc1ccccc1)Cc1cccs1. The fourth-order valence-corrected chi connectivity index (χ4v) is 3.50. The van der Waals surface area contributed by atoms with Crippen molar-refractivity contribution in [2.75, 3.05) is 20.3 Å². The topological polar surface area (TPSA) is 67.9 Å². The highest BCUT2D eigenvalue weighted by Crippen LogP contribution is 2.14. The molecule has 1 aromatic carbocycles. The van der Waals surface area contributed by atoms with Gasteiger partial charge in [0.25, 0.3) is 0 Å². The van der Waals surface area contributed by atoms with E-state index in [1.54, 1.807) is 37.0 Å². The van der Waals surface area contributed by atoms with Gasteiger partial charge < -0.3 is 19.7 Å². The standard InChI is InChI=1S/C22H30N2O4S/c1-22(2,3)28-21(26)23-19(16-27-4)20(25)24(15-18-11-8-14-29-18)13-12-17-9-6-5-7-10-17/h5-11,14,19H,12-13,15-16H2,1-4H3,(H,23,26)/t19-/m0/s1. The number of ether oxygens (including phenoxy) is 2. The van der Waals surface area contributed by atoms with E-state index in [0.717, 1.165) is 16.9 Å². The summed E-state index contributed by atoms with van der Waals surface area (Å²) in [4.78, 5) is 28.3. The molecular formula is C22H30N2O4S. The molecule has 0 radical (unpaired) electrons. The molecule has 6 nitrogen and oxygen atoms in total. The molecule has 0 fully saturated rings. The third-order valence-corrected chi connectivity index (χ3v) is 4.94. The number of hydrogen-bond acceptors (Lipinski definition) is 5.